The maximum Gasteiger partial charge on any atom is 0.143 e. The summed E-state index contributed by atoms with van der Waals surface area (Å²) in [5.41, 5.74) is -0.197. The molecular weight excluding hydrogens is 279 g/mol. The maximum absolute atomic E-state index is 12.7. The normalized spacial score (nSPS) is 30.8. The number of hydrogen-bond donors (Lipinski definition) is 0. The Balaban J connectivity index is 2.23. The smallest absolute Gasteiger partial charge is 0.143 e. The van der Waals surface area contributed by atoms with Gasteiger partial charge < -0.3 is 0 Å². The molecule has 0 heterocycles. The molecule has 1 nitrogen and oxygen atoms in total. The van der Waals surface area contributed by atoms with Crippen molar-refractivity contribution >= 4 is 29.0 Å². The minimum Gasteiger partial charge on any atom is -0.299 e. The largest absolute Gasteiger partial charge is 0.299 e. The molecule has 2 aliphatic rings. The highest BCUT2D eigenvalue weighted by Gasteiger charge is 2.60. The summed E-state index contributed by atoms with van der Waals surface area (Å²) in [6, 6.07) is 0. The van der Waals surface area contributed by atoms with E-state index in [-0.39, 0.29) is 17.3 Å². The summed E-state index contributed by atoms with van der Waals surface area (Å²) >= 11 is 11.8. The maximum atomic E-state index is 12.7. The zero-order valence-electron chi connectivity index (χ0n) is 11.9. The van der Waals surface area contributed by atoms with Crippen molar-refractivity contribution in [2.75, 3.05) is 0 Å². The second-order valence-electron chi connectivity index (χ2n) is 6.13. The fourth-order valence-electron chi connectivity index (χ4n) is 4.38. The number of carbonyl (C=O) groups is 1. The van der Waals surface area contributed by atoms with Crippen LogP contribution in [0.3, 0.4) is 0 Å². The first-order valence-corrected chi connectivity index (χ1v) is 8.39. The summed E-state index contributed by atoms with van der Waals surface area (Å²) < 4.78 is 0.324. The molecule has 0 saturated heterocycles. The Bertz CT molecular complexity index is 361. The van der Waals surface area contributed by atoms with Gasteiger partial charge in [0.05, 0.1) is 0 Å². The first-order chi connectivity index (χ1) is 9.06. The minimum absolute atomic E-state index is 0.174. The zero-order chi connectivity index (χ0) is 14.0. The average Bonchev–Trinajstić information content (AvgIpc) is 2.41. The summed E-state index contributed by atoms with van der Waals surface area (Å²) in [6.07, 6.45) is 9.99. The lowest BCUT2D eigenvalue weighted by Crippen LogP contribution is -2.59. The van der Waals surface area contributed by atoms with Crippen LogP contribution in [0.2, 0.25) is 0 Å². The molecule has 2 rings (SSSR count). The summed E-state index contributed by atoms with van der Waals surface area (Å²) in [5, 5.41) is 0. The molecule has 0 spiro atoms. The van der Waals surface area contributed by atoms with Crippen molar-refractivity contribution in [1.82, 2.24) is 0 Å². The van der Waals surface area contributed by atoms with E-state index >= 15 is 0 Å². The molecule has 0 bridgehead atoms. The summed E-state index contributed by atoms with van der Waals surface area (Å²) in [7, 11) is 0. The molecular formula is C16H24Cl2O. The molecule has 2 unspecified atom stereocenters. The molecule has 0 aliphatic heterocycles. The fraction of sp³-hybridized carbons (Fsp3) is 0.812. The molecule has 2 fully saturated rings. The van der Waals surface area contributed by atoms with E-state index in [1.807, 2.05) is 6.08 Å². The van der Waals surface area contributed by atoms with Gasteiger partial charge in [-0.25, -0.2) is 0 Å². The van der Waals surface area contributed by atoms with Gasteiger partial charge in [0.2, 0.25) is 0 Å². The molecule has 2 aliphatic carbocycles. The van der Waals surface area contributed by atoms with Crippen LogP contribution >= 0.6 is 23.2 Å². The Morgan fingerprint density at radius 3 is 2.26 bits per heavy atom. The second kappa shape index (κ2) is 6.18. The molecule has 2 saturated carbocycles. The lowest BCUT2D eigenvalue weighted by atomic mass is 9.46. The van der Waals surface area contributed by atoms with Gasteiger partial charge in [-0.1, -0.05) is 56.3 Å². The lowest BCUT2D eigenvalue weighted by molar-refractivity contribution is -0.160. The van der Waals surface area contributed by atoms with E-state index in [0.29, 0.717) is 16.2 Å². The van der Waals surface area contributed by atoms with Crippen LogP contribution in [0.5, 0.6) is 0 Å². The average molecular weight is 303 g/mol. The third-order valence-electron chi connectivity index (χ3n) is 5.54. The molecule has 0 aromatic rings. The number of Topliss-reactive ketones (excluding diaryl/α,β-unsaturated/α-hetero) is 1. The Kier molecular flexibility index (Phi) is 5.00. The molecule has 0 aromatic carbocycles. The molecule has 0 N–H and O–H groups in total. The van der Waals surface area contributed by atoms with Gasteiger partial charge in [0.15, 0.2) is 0 Å². The summed E-state index contributed by atoms with van der Waals surface area (Å²) in [6.45, 7) is 4.23. The number of hydrogen-bond acceptors (Lipinski definition) is 1. The van der Waals surface area contributed by atoms with Crippen LogP contribution < -0.4 is 0 Å². The monoisotopic (exact) mass is 302 g/mol. The molecule has 0 radical (unpaired) electrons. The highest BCUT2D eigenvalue weighted by Crippen LogP contribution is 2.58. The van der Waals surface area contributed by atoms with Crippen LogP contribution in [0.1, 0.15) is 58.8 Å². The molecule has 2 atom stereocenters. The number of rotatable bonds is 4. The van der Waals surface area contributed by atoms with E-state index in [4.69, 9.17) is 23.2 Å². The predicted molar refractivity (Wildman–Crippen MR) is 81.4 cm³/mol. The number of carbonyl (C=O) groups excluding carboxylic acids is 1. The van der Waals surface area contributed by atoms with E-state index in [1.54, 1.807) is 0 Å². The molecule has 0 amide bonds. The van der Waals surface area contributed by atoms with E-state index < -0.39 is 0 Å². The Labute approximate surface area is 126 Å². The minimum atomic E-state index is -0.197. The number of halogens is 2. The lowest BCUT2D eigenvalue weighted by Gasteiger charge is -2.55. The van der Waals surface area contributed by atoms with Crippen LogP contribution in [0.25, 0.3) is 0 Å². The van der Waals surface area contributed by atoms with Crippen LogP contribution in [0, 0.1) is 23.2 Å². The van der Waals surface area contributed by atoms with Crippen LogP contribution in [0.15, 0.2) is 10.6 Å². The van der Waals surface area contributed by atoms with Gasteiger partial charge in [0.25, 0.3) is 0 Å². The van der Waals surface area contributed by atoms with Crippen molar-refractivity contribution in [3.05, 3.63) is 10.6 Å². The van der Waals surface area contributed by atoms with E-state index in [2.05, 4.69) is 13.8 Å². The van der Waals surface area contributed by atoms with Crippen molar-refractivity contribution < 1.29 is 4.79 Å². The Morgan fingerprint density at radius 2 is 1.79 bits per heavy atom. The molecule has 0 aromatic heterocycles. The van der Waals surface area contributed by atoms with Gasteiger partial charge in [0.1, 0.15) is 10.3 Å². The van der Waals surface area contributed by atoms with Crippen molar-refractivity contribution in [2.24, 2.45) is 23.2 Å². The van der Waals surface area contributed by atoms with Crippen LogP contribution in [0.4, 0.5) is 0 Å². The van der Waals surface area contributed by atoms with E-state index in [0.717, 1.165) is 12.8 Å². The Hall–Kier alpha value is -0.0100. The third-order valence-corrected chi connectivity index (χ3v) is 5.80. The third kappa shape index (κ3) is 2.61. The van der Waals surface area contributed by atoms with Crippen LogP contribution in [-0.4, -0.2) is 5.78 Å². The first kappa shape index (κ1) is 15.4. The van der Waals surface area contributed by atoms with Crippen molar-refractivity contribution in [3.63, 3.8) is 0 Å². The van der Waals surface area contributed by atoms with Gasteiger partial charge in [-0.3, -0.25) is 4.79 Å². The SMILES string of the molecule is CCC1(CC)C(=O)C(C2CCCCC2)C1C=C(Cl)Cl. The van der Waals surface area contributed by atoms with Gasteiger partial charge >= 0.3 is 0 Å². The Morgan fingerprint density at radius 1 is 1.21 bits per heavy atom. The zero-order valence-corrected chi connectivity index (χ0v) is 13.4. The topological polar surface area (TPSA) is 17.1 Å². The first-order valence-electron chi connectivity index (χ1n) is 7.64. The van der Waals surface area contributed by atoms with Gasteiger partial charge in [0, 0.05) is 17.3 Å². The molecule has 19 heavy (non-hydrogen) atoms. The summed E-state index contributed by atoms with van der Waals surface area (Å²) in [5.74, 6) is 1.46. The standard InChI is InChI=1S/C16H24Cl2O/c1-3-16(4-2)12(10-13(17)18)14(15(16)19)11-8-6-5-7-9-11/h10-12,14H,3-9H2,1-2H3. The highest BCUT2D eigenvalue weighted by molar-refractivity contribution is 6.55. The van der Waals surface area contributed by atoms with Crippen molar-refractivity contribution in [3.8, 4) is 0 Å². The van der Waals surface area contributed by atoms with Crippen molar-refractivity contribution in [1.29, 1.82) is 0 Å². The van der Waals surface area contributed by atoms with Crippen LogP contribution in [-0.2, 0) is 4.79 Å². The quantitative estimate of drug-likeness (QED) is 0.669. The van der Waals surface area contributed by atoms with Gasteiger partial charge in [-0.05, 0) is 37.7 Å². The highest BCUT2D eigenvalue weighted by atomic mass is 35.5. The summed E-state index contributed by atoms with van der Waals surface area (Å²) in [4.78, 5) is 12.7. The van der Waals surface area contributed by atoms with E-state index in [9.17, 15) is 4.79 Å². The predicted octanol–water partition coefficient (Wildman–Crippen LogP) is 5.51. The van der Waals surface area contributed by atoms with E-state index in [1.165, 1.54) is 32.1 Å². The molecule has 3 heteroatoms. The number of allylic oxidation sites excluding steroid dienone is 1. The van der Waals surface area contributed by atoms with Gasteiger partial charge in [-0.2, -0.15) is 0 Å². The van der Waals surface area contributed by atoms with Crippen molar-refractivity contribution in [2.45, 2.75) is 58.8 Å². The van der Waals surface area contributed by atoms with Gasteiger partial charge in [-0.15, -0.1) is 0 Å². The number of ketones is 1. The second-order valence-corrected chi connectivity index (χ2v) is 7.14. The fourth-order valence-corrected chi connectivity index (χ4v) is 4.65. The molecule has 108 valence electrons.